The van der Waals surface area contributed by atoms with Gasteiger partial charge in [-0.2, -0.15) is 0 Å². The topological polar surface area (TPSA) is 61.7 Å². The first-order valence-electron chi connectivity index (χ1n) is 3.41. The van der Waals surface area contributed by atoms with E-state index in [2.05, 4.69) is 23.6 Å². The van der Waals surface area contributed by atoms with E-state index in [4.69, 9.17) is 5.11 Å². The minimum atomic E-state index is -0.892. The Kier molecular flexibility index (Phi) is 5.55. The van der Waals surface area contributed by atoms with Crippen LogP contribution in [0, 0.1) is 0 Å². The third kappa shape index (κ3) is 5.37. The molecule has 0 heterocycles. The van der Waals surface area contributed by atoms with E-state index in [1.807, 2.05) is 0 Å². The third-order valence-electron chi connectivity index (χ3n) is 1.10. The fourth-order valence-electron chi connectivity index (χ4n) is 0.601. The van der Waals surface area contributed by atoms with Crippen molar-refractivity contribution in [3.05, 3.63) is 24.4 Å². The normalized spacial score (nSPS) is 10.8. The number of nitrogens with one attached hydrogen (secondary N) is 1. The molecule has 0 saturated heterocycles. The van der Waals surface area contributed by atoms with Crippen LogP contribution in [0.5, 0.6) is 0 Å². The largest absolute Gasteiger partial charge is 0.480 e. The van der Waals surface area contributed by atoms with E-state index in [0.29, 0.717) is 12.2 Å². The summed E-state index contributed by atoms with van der Waals surface area (Å²) in [6.07, 6.45) is 3.24. The Bertz CT molecular complexity index is 209. The lowest BCUT2D eigenvalue weighted by Crippen LogP contribution is -2.24. The smallest absolute Gasteiger partial charge is 0.317 e. The summed E-state index contributed by atoms with van der Waals surface area (Å²) in [4.78, 5) is 13.7. The SMILES string of the molecule is C=C/C=C(/CNCC(=O)O)N=C. The Hall–Kier alpha value is -1.42. The van der Waals surface area contributed by atoms with Gasteiger partial charge in [0.1, 0.15) is 0 Å². The molecule has 0 aromatic heterocycles. The molecule has 0 bridgehead atoms. The molecule has 0 aliphatic heterocycles. The Morgan fingerprint density at radius 2 is 2.25 bits per heavy atom. The summed E-state index contributed by atoms with van der Waals surface area (Å²) in [5.41, 5.74) is 0.672. The highest BCUT2D eigenvalue weighted by molar-refractivity contribution is 5.69. The molecular weight excluding hydrogens is 156 g/mol. The van der Waals surface area contributed by atoms with Crippen molar-refractivity contribution in [2.24, 2.45) is 4.99 Å². The molecule has 0 radical (unpaired) electrons. The molecule has 0 rings (SSSR count). The molecule has 0 atom stereocenters. The van der Waals surface area contributed by atoms with Crippen LogP contribution in [-0.2, 0) is 4.79 Å². The summed E-state index contributed by atoms with van der Waals surface area (Å²) < 4.78 is 0. The van der Waals surface area contributed by atoms with Crippen LogP contribution in [0.25, 0.3) is 0 Å². The van der Waals surface area contributed by atoms with Gasteiger partial charge in [0, 0.05) is 6.54 Å². The van der Waals surface area contributed by atoms with Crippen LogP contribution in [-0.4, -0.2) is 30.9 Å². The molecule has 4 nitrogen and oxygen atoms in total. The van der Waals surface area contributed by atoms with Gasteiger partial charge in [-0.15, -0.1) is 0 Å². The molecule has 0 amide bonds. The first-order valence-corrected chi connectivity index (χ1v) is 3.41. The van der Waals surface area contributed by atoms with Gasteiger partial charge in [0.05, 0.1) is 12.2 Å². The van der Waals surface area contributed by atoms with E-state index in [0.717, 1.165) is 0 Å². The van der Waals surface area contributed by atoms with Crippen molar-refractivity contribution in [1.82, 2.24) is 5.32 Å². The van der Waals surface area contributed by atoms with Crippen LogP contribution >= 0.6 is 0 Å². The van der Waals surface area contributed by atoms with Crippen molar-refractivity contribution in [3.8, 4) is 0 Å². The highest BCUT2D eigenvalue weighted by atomic mass is 16.4. The lowest BCUT2D eigenvalue weighted by molar-refractivity contribution is -0.135. The maximum atomic E-state index is 10.1. The van der Waals surface area contributed by atoms with Crippen LogP contribution in [0.1, 0.15) is 0 Å². The molecule has 66 valence electrons. The van der Waals surface area contributed by atoms with E-state index in [1.165, 1.54) is 0 Å². The molecule has 0 saturated carbocycles. The second-order valence-electron chi connectivity index (χ2n) is 2.05. The minimum Gasteiger partial charge on any atom is -0.480 e. The first kappa shape index (κ1) is 10.6. The maximum Gasteiger partial charge on any atom is 0.317 e. The van der Waals surface area contributed by atoms with Gasteiger partial charge in [-0.1, -0.05) is 12.7 Å². The van der Waals surface area contributed by atoms with Crippen molar-refractivity contribution >= 4 is 12.7 Å². The van der Waals surface area contributed by atoms with E-state index >= 15 is 0 Å². The van der Waals surface area contributed by atoms with Crippen molar-refractivity contribution in [1.29, 1.82) is 0 Å². The standard InChI is InChI=1S/C8H12N2O2/c1-3-4-7(9-2)5-10-6-8(11)12/h3-4,10H,1-2,5-6H2,(H,11,12)/b7-4-. The van der Waals surface area contributed by atoms with Gasteiger partial charge in [0.25, 0.3) is 0 Å². The number of carbonyl (C=O) groups is 1. The van der Waals surface area contributed by atoms with Gasteiger partial charge >= 0.3 is 5.97 Å². The van der Waals surface area contributed by atoms with Gasteiger partial charge in [-0.3, -0.25) is 9.79 Å². The second kappa shape index (κ2) is 6.30. The van der Waals surface area contributed by atoms with Gasteiger partial charge < -0.3 is 10.4 Å². The summed E-state index contributed by atoms with van der Waals surface area (Å²) >= 11 is 0. The summed E-state index contributed by atoms with van der Waals surface area (Å²) in [7, 11) is 0. The van der Waals surface area contributed by atoms with Gasteiger partial charge in [-0.05, 0) is 12.8 Å². The summed E-state index contributed by atoms with van der Waals surface area (Å²) in [6.45, 7) is 7.12. The summed E-state index contributed by atoms with van der Waals surface area (Å²) in [6, 6.07) is 0. The lowest BCUT2D eigenvalue weighted by atomic mass is 10.4. The number of hydrogen-bond donors (Lipinski definition) is 2. The number of carboxylic acids is 1. The minimum absolute atomic E-state index is 0.0794. The molecule has 0 aliphatic carbocycles. The number of aliphatic carboxylic acids is 1. The van der Waals surface area contributed by atoms with Crippen LogP contribution in [0.2, 0.25) is 0 Å². The average Bonchev–Trinajstić information content (AvgIpc) is 2.02. The molecule has 0 aliphatic rings. The van der Waals surface area contributed by atoms with Crippen LogP contribution < -0.4 is 5.32 Å². The van der Waals surface area contributed by atoms with Crippen molar-refractivity contribution in [2.45, 2.75) is 0 Å². The molecule has 2 N–H and O–H groups in total. The monoisotopic (exact) mass is 168 g/mol. The molecule has 0 unspecified atom stereocenters. The molecule has 4 heteroatoms. The van der Waals surface area contributed by atoms with Gasteiger partial charge in [-0.25, -0.2) is 0 Å². The highest BCUT2D eigenvalue weighted by Crippen LogP contribution is 1.92. The Balaban J connectivity index is 3.73. The summed E-state index contributed by atoms with van der Waals surface area (Å²) in [5, 5.41) is 11.0. The number of nitrogens with zero attached hydrogens (tertiary/aromatic N) is 1. The van der Waals surface area contributed by atoms with Gasteiger partial charge in [0.2, 0.25) is 0 Å². The third-order valence-corrected chi connectivity index (χ3v) is 1.10. The predicted molar refractivity (Wildman–Crippen MR) is 48.3 cm³/mol. The zero-order valence-electron chi connectivity index (χ0n) is 6.79. The van der Waals surface area contributed by atoms with Crippen molar-refractivity contribution in [3.63, 3.8) is 0 Å². The average molecular weight is 168 g/mol. The van der Waals surface area contributed by atoms with Crippen LogP contribution in [0.3, 0.4) is 0 Å². The van der Waals surface area contributed by atoms with Crippen molar-refractivity contribution in [2.75, 3.05) is 13.1 Å². The van der Waals surface area contributed by atoms with E-state index in [9.17, 15) is 4.79 Å². The first-order chi connectivity index (χ1) is 5.70. The Labute approximate surface area is 71.3 Å². The Morgan fingerprint density at radius 1 is 1.58 bits per heavy atom. The van der Waals surface area contributed by atoms with Gasteiger partial charge in [0.15, 0.2) is 0 Å². The maximum absolute atomic E-state index is 10.1. The van der Waals surface area contributed by atoms with E-state index in [-0.39, 0.29) is 6.54 Å². The summed E-state index contributed by atoms with van der Waals surface area (Å²) in [5.74, 6) is -0.892. The van der Waals surface area contributed by atoms with E-state index < -0.39 is 5.97 Å². The zero-order valence-corrected chi connectivity index (χ0v) is 6.79. The highest BCUT2D eigenvalue weighted by Gasteiger charge is 1.95. The number of carboxylic acid groups (broad SMARTS) is 1. The molecule has 0 aromatic rings. The molecular formula is C8H12N2O2. The molecule has 0 spiro atoms. The van der Waals surface area contributed by atoms with Crippen LogP contribution in [0.15, 0.2) is 29.4 Å². The van der Waals surface area contributed by atoms with Crippen molar-refractivity contribution < 1.29 is 9.90 Å². The molecule has 0 aromatic carbocycles. The lowest BCUT2D eigenvalue weighted by Gasteiger charge is -2.00. The molecule has 12 heavy (non-hydrogen) atoms. The second-order valence-corrected chi connectivity index (χ2v) is 2.05. The Morgan fingerprint density at radius 3 is 2.67 bits per heavy atom. The quantitative estimate of drug-likeness (QED) is 0.446. The van der Waals surface area contributed by atoms with E-state index in [1.54, 1.807) is 12.2 Å². The molecule has 0 fully saturated rings. The predicted octanol–water partition coefficient (Wildman–Crippen LogP) is 0.431. The fraction of sp³-hybridized carbons (Fsp3) is 0.250. The number of rotatable bonds is 6. The van der Waals surface area contributed by atoms with Crippen LogP contribution in [0.4, 0.5) is 0 Å². The number of aliphatic imine (C=N–C) groups is 1. The number of allylic oxidation sites excluding steroid dienone is 2. The fourth-order valence-corrected chi connectivity index (χ4v) is 0.601. The zero-order chi connectivity index (χ0) is 9.40. The number of hydrogen-bond acceptors (Lipinski definition) is 3.